The van der Waals surface area contributed by atoms with Crippen molar-refractivity contribution in [3.63, 3.8) is 0 Å². The zero-order chi connectivity index (χ0) is 14.6. The molecule has 0 heterocycles. The number of nitrogens with two attached hydrogens (primary N) is 1. The van der Waals surface area contributed by atoms with Gasteiger partial charge in [-0.05, 0) is 24.6 Å². The molecular formula is C14H21N3O2. The first-order valence-corrected chi connectivity index (χ1v) is 6.16. The Hall–Kier alpha value is -1.88. The standard InChI is InChI=1S/C14H21N3O2/c1-9-5-6-10(16-13(19)14(2,3)4)7-11(9)17-12(18)8-15/h5-7H,8,15H2,1-4H3,(H,16,19)(H,17,18). The summed E-state index contributed by atoms with van der Waals surface area (Å²) in [5, 5.41) is 5.52. The van der Waals surface area contributed by atoms with Crippen molar-refractivity contribution in [3.8, 4) is 0 Å². The monoisotopic (exact) mass is 263 g/mol. The number of carbonyl (C=O) groups excluding carboxylic acids is 2. The Bertz CT molecular complexity index is 490. The molecule has 5 heteroatoms. The predicted octanol–water partition coefficient (Wildman–Crippen LogP) is 1.88. The van der Waals surface area contributed by atoms with Gasteiger partial charge in [0.05, 0.1) is 6.54 Å². The van der Waals surface area contributed by atoms with E-state index in [2.05, 4.69) is 10.6 Å². The van der Waals surface area contributed by atoms with Crippen molar-refractivity contribution in [2.45, 2.75) is 27.7 Å². The molecule has 0 aliphatic carbocycles. The van der Waals surface area contributed by atoms with Gasteiger partial charge in [-0.1, -0.05) is 26.8 Å². The first kappa shape index (κ1) is 15.2. The molecule has 2 amide bonds. The van der Waals surface area contributed by atoms with Crippen molar-refractivity contribution in [1.29, 1.82) is 0 Å². The van der Waals surface area contributed by atoms with Gasteiger partial charge in [0.1, 0.15) is 0 Å². The molecule has 1 rings (SSSR count). The molecular weight excluding hydrogens is 242 g/mol. The molecule has 19 heavy (non-hydrogen) atoms. The summed E-state index contributed by atoms with van der Waals surface area (Å²) in [6.07, 6.45) is 0. The zero-order valence-corrected chi connectivity index (χ0v) is 11.8. The van der Waals surface area contributed by atoms with Crippen molar-refractivity contribution in [1.82, 2.24) is 0 Å². The number of hydrogen-bond donors (Lipinski definition) is 3. The van der Waals surface area contributed by atoms with Crippen LogP contribution in [0.15, 0.2) is 18.2 Å². The molecule has 0 aliphatic rings. The molecule has 5 nitrogen and oxygen atoms in total. The van der Waals surface area contributed by atoms with Gasteiger partial charge in [-0.2, -0.15) is 0 Å². The maximum absolute atomic E-state index is 11.9. The van der Waals surface area contributed by atoms with Crippen molar-refractivity contribution in [2.24, 2.45) is 11.1 Å². The van der Waals surface area contributed by atoms with Gasteiger partial charge in [-0.3, -0.25) is 9.59 Å². The van der Waals surface area contributed by atoms with E-state index in [9.17, 15) is 9.59 Å². The molecule has 0 aromatic heterocycles. The minimum Gasteiger partial charge on any atom is -0.326 e. The quantitative estimate of drug-likeness (QED) is 0.778. The van der Waals surface area contributed by atoms with E-state index in [0.29, 0.717) is 11.4 Å². The summed E-state index contributed by atoms with van der Waals surface area (Å²) in [6, 6.07) is 5.37. The van der Waals surface area contributed by atoms with Gasteiger partial charge in [0.25, 0.3) is 0 Å². The summed E-state index contributed by atoms with van der Waals surface area (Å²) in [7, 11) is 0. The molecule has 0 saturated heterocycles. The minimum absolute atomic E-state index is 0.0714. The average Bonchev–Trinajstić information content (AvgIpc) is 2.32. The Balaban J connectivity index is 2.90. The van der Waals surface area contributed by atoms with E-state index in [1.807, 2.05) is 33.8 Å². The predicted molar refractivity (Wildman–Crippen MR) is 76.9 cm³/mol. The summed E-state index contributed by atoms with van der Waals surface area (Å²) < 4.78 is 0. The number of carbonyl (C=O) groups is 2. The van der Waals surface area contributed by atoms with Gasteiger partial charge in [0, 0.05) is 16.8 Å². The third kappa shape index (κ3) is 4.37. The Labute approximate surface area is 113 Å². The van der Waals surface area contributed by atoms with E-state index in [4.69, 9.17) is 5.73 Å². The lowest BCUT2D eigenvalue weighted by molar-refractivity contribution is -0.123. The van der Waals surface area contributed by atoms with Crippen LogP contribution in [-0.2, 0) is 9.59 Å². The highest BCUT2D eigenvalue weighted by Gasteiger charge is 2.21. The maximum Gasteiger partial charge on any atom is 0.238 e. The second-order valence-electron chi connectivity index (χ2n) is 5.49. The van der Waals surface area contributed by atoms with Crippen LogP contribution in [0.1, 0.15) is 26.3 Å². The zero-order valence-electron chi connectivity index (χ0n) is 11.8. The molecule has 1 aromatic carbocycles. The van der Waals surface area contributed by atoms with E-state index in [1.54, 1.807) is 12.1 Å². The largest absolute Gasteiger partial charge is 0.326 e. The molecule has 0 aliphatic heterocycles. The highest BCUT2D eigenvalue weighted by Crippen LogP contribution is 2.22. The second kappa shape index (κ2) is 5.84. The number of benzene rings is 1. The minimum atomic E-state index is -0.467. The normalized spacial score (nSPS) is 11.0. The van der Waals surface area contributed by atoms with Crippen LogP contribution < -0.4 is 16.4 Å². The maximum atomic E-state index is 11.9. The van der Waals surface area contributed by atoms with Crippen LogP contribution in [0.25, 0.3) is 0 Å². The second-order valence-corrected chi connectivity index (χ2v) is 5.49. The van der Waals surface area contributed by atoms with Gasteiger partial charge in [0.2, 0.25) is 11.8 Å². The molecule has 0 atom stereocenters. The lowest BCUT2D eigenvalue weighted by Gasteiger charge is -2.18. The van der Waals surface area contributed by atoms with Crippen LogP contribution in [0.5, 0.6) is 0 Å². The molecule has 4 N–H and O–H groups in total. The van der Waals surface area contributed by atoms with Crippen LogP contribution in [-0.4, -0.2) is 18.4 Å². The number of aryl methyl sites for hydroxylation is 1. The Morgan fingerprint density at radius 3 is 2.37 bits per heavy atom. The molecule has 0 radical (unpaired) electrons. The lowest BCUT2D eigenvalue weighted by Crippen LogP contribution is -2.27. The Kier molecular flexibility index (Phi) is 4.67. The first-order valence-electron chi connectivity index (χ1n) is 6.16. The van der Waals surface area contributed by atoms with Gasteiger partial charge < -0.3 is 16.4 Å². The summed E-state index contributed by atoms with van der Waals surface area (Å²) in [6.45, 7) is 7.33. The van der Waals surface area contributed by atoms with Crippen molar-refractivity contribution >= 4 is 23.2 Å². The number of hydrogen-bond acceptors (Lipinski definition) is 3. The fourth-order valence-electron chi connectivity index (χ4n) is 1.35. The van der Waals surface area contributed by atoms with Gasteiger partial charge >= 0.3 is 0 Å². The molecule has 0 bridgehead atoms. The smallest absolute Gasteiger partial charge is 0.238 e. The van der Waals surface area contributed by atoms with Crippen molar-refractivity contribution < 1.29 is 9.59 Å². The fourth-order valence-corrected chi connectivity index (χ4v) is 1.35. The number of anilines is 2. The average molecular weight is 263 g/mol. The van der Waals surface area contributed by atoms with Crippen molar-refractivity contribution in [2.75, 3.05) is 17.2 Å². The van der Waals surface area contributed by atoms with Crippen LogP contribution in [0.4, 0.5) is 11.4 Å². The van der Waals surface area contributed by atoms with E-state index >= 15 is 0 Å². The summed E-state index contributed by atoms with van der Waals surface area (Å²) in [5.74, 6) is -0.338. The van der Waals surface area contributed by atoms with Gasteiger partial charge in [-0.25, -0.2) is 0 Å². The number of amides is 2. The van der Waals surface area contributed by atoms with Crippen LogP contribution in [0.2, 0.25) is 0 Å². The van der Waals surface area contributed by atoms with Crippen LogP contribution >= 0.6 is 0 Å². The summed E-state index contributed by atoms with van der Waals surface area (Å²) in [5.41, 5.74) is 7.02. The van der Waals surface area contributed by atoms with E-state index in [0.717, 1.165) is 5.56 Å². The van der Waals surface area contributed by atoms with E-state index in [-0.39, 0.29) is 18.4 Å². The van der Waals surface area contributed by atoms with E-state index in [1.165, 1.54) is 0 Å². The third-order valence-corrected chi connectivity index (χ3v) is 2.64. The Morgan fingerprint density at radius 1 is 1.21 bits per heavy atom. The highest BCUT2D eigenvalue weighted by atomic mass is 16.2. The van der Waals surface area contributed by atoms with Crippen LogP contribution in [0, 0.1) is 12.3 Å². The molecule has 104 valence electrons. The van der Waals surface area contributed by atoms with Crippen LogP contribution in [0.3, 0.4) is 0 Å². The van der Waals surface area contributed by atoms with Gasteiger partial charge in [-0.15, -0.1) is 0 Å². The number of nitrogens with one attached hydrogen (secondary N) is 2. The Morgan fingerprint density at radius 2 is 1.84 bits per heavy atom. The summed E-state index contributed by atoms with van der Waals surface area (Å²) >= 11 is 0. The molecule has 1 aromatic rings. The molecule has 0 spiro atoms. The summed E-state index contributed by atoms with van der Waals surface area (Å²) in [4.78, 5) is 23.2. The molecule has 0 saturated carbocycles. The highest BCUT2D eigenvalue weighted by molar-refractivity contribution is 5.97. The topological polar surface area (TPSA) is 84.2 Å². The van der Waals surface area contributed by atoms with E-state index < -0.39 is 5.41 Å². The first-order chi connectivity index (χ1) is 8.74. The van der Waals surface area contributed by atoms with Gasteiger partial charge in [0.15, 0.2) is 0 Å². The third-order valence-electron chi connectivity index (χ3n) is 2.64. The molecule has 0 unspecified atom stereocenters. The lowest BCUT2D eigenvalue weighted by atomic mass is 9.95. The fraction of sp³-hybridized carbons (Fsp3) is 0.429. The number of rotatable bonds is 3. The van der Waals surface area contributed by atoms with Crippen molar-refractivity contribution in [3.05, 3.63) is 23.8 Å². The SMILES string of the molecule is Cc1ccc(NC(=O)C(C)(C)C)cc1NC(=O)CN. The molecule has 0 fully saturated rings.